The molecule has 0 atom stereocenters. The molecule has 7 heteroatoms. The fraction of sp³-hybridized carbons (Fsp3) is 0.312. The Morgan fingerprint density at radius 3 is 2.87 bits per heavy atom. The van der Waals surface area contributed by atoms with E-state index in [1.807, 2.05) is 6.07 Å². The van der Waals surface area contributed by atoms with E-state index < -0.39 is 5.97 Å². The number of carbonyl (C=O) groups excluding carboxylic acids is 2. The molecule has 23 heavy (non-hydrogen) atoms. The first-order chi connectivity index (χ1) is 11.1. The van der Waals surface area contributed by atoms with E-state index in [1.54, 1.807) is 32.0 Å². The van der Waals surface area contributed by atoms with E-state index >= 15 is 0 Å². The molecule has 1 amide bonds. The molecule has 1 aliphatic rings. The number of nitrogens with zero attached hydrogens (tertiary/aromatic N) is 2. The van der Waals surface area contributed by atoms with Crippen LogP contribution >= 0.6 is 0 Å². The Morgan fingerprint density at radius 1 is 1.35 bits per heavy atom. The maximum Gasteiger partial charge on any atom is 0.326 e. The number of aryl methyl sites for hydroxylation is 2. The van der Waals surface area contributed by atoms with Crippen LogP contribution in [0.5, 0.6) is 5.75 Å². The molecule has 1 aliphatic heterocycles. The molecule has 0 unspecified atom stereocenters. The first kappa shape index (κ1) is 15.1. The number of rotatable bonds is 4. The number of carbonyl (C=O) groups is 2. The third-order valence-corrected chi connectivity index (χ3v) is 3.65. The Bertz CT molecular complexity index is 733. The van der Waals surface area contributed by atoms with Gasteiger partial charge in [-0.1, -0.05) is 17.3 Å². The summed E-state index contributed by atoms with van der Waals surface area (Å²) in [5.74, 6) is 0.404. The number of benzene rings is 1. The van der Waals surface area contributed by atoms with Crippen molar-refractivity contribution in [2.24, 2.45) is 0 Å². The predicted octanol–water partition coefficient (Wildman–Crippen LogP) is 1.76. The molecule has 3 rings (SSSR count). The van der Waals surface area contributed by atoms with Crippen LogP contribution in [0.1, 0.15) is 17.0 Å². The van der Waals surface area contributed by atoms with Crippen LogP contribution in [0, 0.1) is 13.8 Å². The highest BCUT2D eigenvalue weighted by atomic mass is 16.5. The topological polar surface area (TPSA) is 81.9 Å². The average Bonchev–Trinajstić information content (AvgIpc) is 2.87. The van der Waals surface area contributed by atoms with Gasteiger partial charge in [0.05, 0.1) is 16.9 Å². The highest BCUT2D eigenvalue weighted by Crippen LogP contribution is 2.31. The van der Waals surface area contributed by atoms with E-state index in [0.29, 0.717) is 22.9 Å². The minimum absolute atomic E-state index is 0.0696. The van der Waals surface area contributed by atoms with Gasteiger partial charge in [-0.15, -0.1) is 0 Å². The number of ether oxygens (including phenoxy) is 2. The van der Waals surface area contributed by atoms with Crippen LogP contribution in [-0.2, 0) is 20.9 Å². The van der Waals surface area contributed by atoms with E-state index in [0.717, 1.165) is 5.56 Å². The lowest BCUT2D eigenvalue weighted by Crippen LogP contribution is -2.42. The molecule has 2 aromatic rings. The van der Waals surface area contributed by atoms with Crippen molar-refractivity contribution < 1.29 is 23.6 Å². The molecule has 0 saturated carbocycles. The van der Waals surface area contributed by atoms with Gasteiger partial charge in [-0.05, 0) is 26.0 Å². The first-order valence-electron chi connectivity index (χ1n) is 7.16. The van der Waals surface area contributed by atoms with Crippen molar-refractivity contribution in [2.75, 3.05) is 18.1 Å². The summed E-state index contributed by atoms with van der Waals surface area (Å²) < 4.78 is 15.6. The molecule has 2 heterocycles. The molecule has 0 bridgehead atoms. The minimum Gasteiger partial charge on any atom is -0.482 e. The van der Waals surface area contributed by atoms with Crippen molar-refractivity contribution in [1.29, 1.82) is 0 Å². The number of esters is 1. The van der Waals surface area contributed by atoms with Crippen LogP contribution in [0.15, 0.2) is 28.8 Å². The highest BCUT2D eigenvalue weighted by molar-refractivity contribution is 6.01. The van der Waals surface area contributed by atoms with Crippen LogP contribution in [-0.4, -0.2) is 30.2 Å². The summed E-state index contributed by atoms with van der Waals surface area (Å²) in [6.07, 6.45) is 0. The van der Waals surface area contributed by atoms with Gasteiger partial charge < -0.3 is 14.0 Å². The van der Waals surface area contributed by atoms with Crippen LogP contribution < -0.4 is 9.64 Å². The van der Waals surface area contributed by atoms with Gasteiger partial charge in [-0.2, -0.15) is 0 Å². The van der Waals surface area contributed by atoms with Gasteiger partial charge in [-0.25, -0.2) is 0 Å². The maximum atomic E-state index is 12.1. The van der Waals surface area contributed by atoms with E-state index in [4.69, 9.17) is 14.0 Å². The van der Waals surface area contributed by atoms with Crippen LogP contribution in [0.25, 0.3) is 0 Å². The third-order valence-electron chi connectivity index (χ3n) is 3.65. The normalized spacial score (nSPS) is 13.5. The molecule has 1 aromatic heterocycles. The number of hydrogen-bond donors (Lipinski definition) is 0. The number of para-hydroxylation sites is 2. The third kappa shape index (κ3) is 3.03. The van der Waals surface area contributed by atoms with Crippen molar-refractivity contribution in [1.82, 2.24) is 5.16 Å². The van der Waals surface area contributed by atoms with Crippen molar-refractivity contribution in [3.8, 4) is 5.75 Å². The first-order valence-corrected chi connectivity index (χ1v) is 7.16. The lowest BCUT2D eigenvalue weighted by atomic mass is 10.2. The Morgan fingerprint density at radius 2 is 2.13 bits per heavy atom. The molecule has 0 radical (unpaired) electrons. The second-order valence-electron chi connectivity index (χ2n) is 5.20. The zero-order chi connectivity index (χ0) is 16.4. The molecular weight excluding hydrogens is 300 g/mol. The van der Waals surface area contributed by atoms with Crippen LogP contribution in [0.4, 0.5) is 5.69 Å². The van der Waals surface area contributed by atoms with E-state index in [-0.39, 0.29) is 25.7 Å². The number of aromatic nitrogens is 1. The van der Waals surface area contributed by atoms with Gasteiger partial charge >= 0.3 is 5.97 Å². The van der Waals surface area contributed by atoms with Gasteiger partial charge in [0.2, 0.25) is 0 Å². The van der Waals surface area contributed by atoms with Crippen molar-refractivity contribution in [2.45, 2.75) is 20.5 Å². The molecule has 7 nitrogen and oxygen atoms in total. The van der Waals surface area contributed by atoms with Crippen molar-refractivity contribution in [3.05, 3.63) is 41.3 Å². The van der Waals surface area contributed by atoms with Crippen LogP contribution in [0.2, 0.25) is 0 Å². The SMILES string of the molecule is Cc1noc(C)c1COC(=O)CN1C(=O)COc2ccccc21. The maximum absolute atomic E-state index is 12.1. The van der Waals surface area contributed by atoms with Gasteiger partial charge in [0.25, 0.3) is 5.91 Å². The smallest absolute Gasteiger partial charge is 0.326 e. The monoisotopic (exact) mass is 316 g/mol. The fourth-order valence-corrected chi connectivity index (χ4v) is 2.36. The highest BCUT2D eigenvalue weighted by Gasteiger charge is 2.27. The summed E-state index contributed by atoms with van der Waals surface area (Å²) in [6, 6.07) is 7.07. The number of fused-ring (bicyclic) bond motifs is 1. The zero-order valence-corrected chi connectivity index (χ0v) is 12.9. The molecule has 0 fully saturated rings. The quantitative estimate of drug-likeness (QED) is 0.799. The van der Waals surface area contributed by atoms with Crippen LogP contribution in [0.3, 0.4) is 0 Å². The fourth-order valence-electron chi connectivity index (χ4n) is 2.36. The number of hydrogen-bond acceptors (Lipinski definition) is 6. The Kier molecular flexibility index (Phi) is 4.01. The summed E-state index contributed by atoms with van der Waals surface area (Å²) in [4.78, 5) is 25.4. The summed E-state index contributed by atoms with van der Waals surface area (Å²) in [7, 11) is 0. The van der Waals surface area contributed by atoms with Gasteiger partial charge in [-0.3, -0.25) is 14.5 Å². The molecular formula is C16H16N2O5. The Balaban J connectivity index is 1.67. The number of amides is 1. The molecule has 120 valence electrons. The summed E-state index contributed by atoms with van der Waals surface area (Å²) >= 11 is 0. The molecule has 1 aromatic carbocycles. The predicted molar refractivity (Wildman–Crippen MR) is 80.1 cm³/mol. The molecule has 0 aliphatic carbocycles. The lowest BCUT2D eigenvalue weighted by molar-refractivity contribution is -0.144. The molecule has 0 N–H and O–H groups in total. The molecule has 0 saturated heterocycles. The number of anilines is 1. The van der Waals surface area contributed by atoms with E-state index in [9.17, 15) is 9.59 Å². The van der Waals surface area contributed by atoms with Gasteiger partial charge in [0, 0.05) is 0 Å². The van der Waals surface area contributed by atoms with E-state index in [1.165, 1.54) is 4.90 Å². The minimum atomic E-state index is -0.505. The second-order valence-corrected chi connectivity index (χ2v) is 5.20. The van der Waals surface area contributed by atoms with E-state index in [2.05, 4.69) is 5.16 Å². The largest absolute Gasteiger partial charge is 0.482 e. The summed E-state index contributed by atoms with van der Waals surface area (Å²) in [6.45, 7) is 3.35. The Labute approximate surface area is 132 Å². The summed E-state index contributed by atoms with van der Waals surface area (Å²) in [5.41, 5.74) is 1.99. The van der Waals surface area contributed by atoms with Gasteiger partial charge in [0.15, 0.2) is 6.61 Å². The van der Waals surface area contributed by atoms with Crippen molar-refractivity contribution in [3.63, 3.8) is 0 Å². The summed E-state index contributed by atoms with van der Waals surface area (Å²) in [5, 5.41) is 3.80. The average molecular weight is 316 g/mol. The second kappa shape index (κ2) is 6.12. The van der Waals surface area contributed by atoms with Gasteiger partial charge in [0.1, 0.15) is 24.7 Å². The standard InChI is InChI=1S/C16H16N2O5/c1-10-12(11(2)23-17-10)8-22-16(20)7-18-13-5-3-4-6-14(13)21-9-15(18)19/h3-6H,7-9H2,1-2H3. The Hall–Kier alpha value is -2.83. The van der Waals surface area contributed by atoms with Crippen molar-refractivity contribution >= 4 is 17.6 Å². The molecule has 0 spiro atoms. The zero-order valence-electron chi connectivity index (χ0n) is 12.9. The lowest BCUT2D eigenvalue weighted by Gasteiger charge is -2.28.